The summed E-state index contributed by atoms with van der Waals surface area (Å²) in [7, 11) is 0. The molecule has 1 aliphatic carbocycles. The Kier molecular flexibility index (Phi) is 3.69. The number of ether oxygens (including phenoxy) is 1. The molecule has 0 spiro atoms. The summed E-state index contributed by atoms with van der Waals surface area (Å²) in [5.74, 6) is -0.546. The van der Waals surface area contributed by atoms with Gasteiger partial charge in [0.05, 0.1) is 13.2 Å². The lowest BCUT2D eigenvalue weighted by Crippen LogP contribution is -2.06. The maximum Gasteiger partial charge on any atom is 0.336 e. The first kappa shape index (κ1) is 12.7. The molecule has 0 fully saturated rings. The zero-order valence-electron chi connectivity index (χ0n) is 10.00. The minimum Gasteiger partial charge on any atom is -0.471 e. The summed E-state index contributed by atoms with van der Waals surface area (Å²) in [5, 5.41) is 0.612. The smallest absolute Gasteiger partial charge is 0.336 e. The number of nitrogens with zero attached hydrogens (tertiary/aromatic N) is 1. The molecule has 1 aliphatic rings. The van der Waals surface area contributed by atoms with Crippen molar-refractivity contribution in [2.45, 2.75) is 19.8 Å². The van der Waals surface area contributed by atoms with Crippen LogP contribution in [0.1, 0.15) is 24.5 Å². The number of esters is 1. The lowest BCUT2D eigenvalue weighted by molar-refractivity contribution is -0.138. The van der Waals surface area contributed by atoms with Crippen LogP contribution in [0.15, 0.2) is 23.9 Å². The number of carbonyl (C=O) groups excluding carboxylic acids is 1. The highest BCUT2D eigenvalue weighted by Gasteiger charge is 2.24. The van der Waals surface area contributed by atoms with Crippen molar-refractivity contribution in [3.63, 3.8) is 0 Å². The minimum atomic E-state index is -0.546. The molecule has 0 aromatic heterocycles. The molecule has 0 aliphatic heterocycles. The fraction of sp³-hybridized carbons (Fsp3) is 0.286. The van der Waals surface area contributed by atoms with Gasteiger partial charge in [0.2, 0.25) is 0 Å². The molecule has 3 nitrogen and oxygen atoms in total. The molecule has 92 valence electrons. The Hall–Kier alpha value is -1.79. The van der Waals surface area contributed by atoms with E-state index in [1.165, 1.54) is 0 Å². The van der Waals surface area contributed by atoms with Crippen molar-refractivity contribution in [1.29, 1.82) is 0 Å². The number of rotatable bonds is 2. The summed E-state index contributed by atoms with van der Waals surface area (Å²) in [5.41, 5.74) is 2.86. The van der Waals surface area contributed by atoms with Gasteiger partial charge in [0, 0.05) is 5.02 Å². The first-order valence-electron chi connectivity index (χ1n) is 5.74. The highest BCUT2D eigenvalue weighted by atomic mass is 35.5. The summed E-state index contributed by atoms with van der Waals surface area (Å²) in [6.07, 6.45) is 1.52. The number of carbonyl (C=O) groups is 1. The summed E-state index contributed by atoms with van der Waals surface area (Å²) in [6, 6.07) is 5.58. The van der Waals surface area contributed by atoms with Gasteiger partial charge in [0.25, 0.3) is 5.70 Å². The van der Waals surface area contributed by atoms with Crippen LogP contribution in [0.4, 0.5) is 0 Å². The number of aryl methyl sites for hydroxylation is 1. The Morgan fingerprint density at radius 1 is 1.50 bits per heavy atom. The van der Waals surface area contributed by atoms with Crippen LogP contribution in [-0.2, 0) is 16.0 Å². The number of benzene rings is 1. The molecule has 0 unspecified atom stereocenters. The van der Waals surface area contributed by atoms with Gasteiger partial charge in [-0.3, -0.25) is 4.79 Å². The Bertz CT molecular complexity index is 570. The van der Waals surface area contributed by atoms with Crippen LogP contribution in [0.3, 0.4) is 0 Å². The average molecular weight is 262 g/mol. The van der Waals surface area contributed by atoms with E-state index in [1.807, 2.05) is 18.2 Å². The number of allylic oxidation sites excluding steroid dienone is 1. The van der Waals surface area contributed by atoms with Crippen LogP contribution in [0, 0.1) is 6.57 Å². The molecule has 1 aromatic carbocycles. The maximum absolute atomic E-state index is 11.7. The second kappa shape index (κ2) is 5.24. The van der Waals surface area contributed by atoms with E-state index < -0.39 is 5.97 Å². The third-order valence-electron chi connectivity index (χ3n) is 2.91. The van der Waals surface area contributed by atoms with Crippen molar-refractivity contribution in [1.82, 2.24) is 0 Å². The van der Waals surface area contributed by atoms with Gasteiger partial charge in [-0.25, -0.2) is 4.85 Å². The molecule has 0 saturated heterocycles. The van der Waals surface area contributed by atoms with Crippen molar-refractivity contribution in [3.8, 4) is 0 Å². The third-order valence-corrected chi connectivity index (χ3v) is 3.14. The van der Waals surface area contributed by atoms with Crippen LogP contribution in [0.2, 0.25) is 5.02 Å². The first-order valence-corrected chi connectivity index (χ1v) is 6.11. The van der Waals surface area contributed by atoms with E-state index in [9.17, 15) is 4.79 Å². The van der Waals surface area contributed by atoms with Gasteiger partial charge in [-0.2, -0.15) is 0 Å². The van der Waals surface area contributed by atoms with E-state index in [-0.39, 0.29) is 12.3 Å². The molecule has 0 saturated carbocycles. The Morgan fingerprint density at radius 2 is 2.28 bits per heavy atom. The first-order chi connectivity index (χ1) is 8.67. The molecule has 0 radical (unpaired) electrons. The quantitative estimate of drug-likeness (QED) is 0.464. The molecule has 1 aromatic rings. The number of hydrogen-bond donors (Lipinski definition) is 0. The fourth-order valence-corrected chi connectivity index (χ4v) is 2.30. The second-order valence-electron chi connectivity index (χ2n) is 3.96. The highest BCUT2D eigenvalue weighted by molar-refractivity contribution is 6.30. The normalized spacial score (nSPS) is 15.8. The SMILES string of the molecule is [C-]#[N+]/C(C(=O)OCC)=C1/CCc2ccc(Cl)cc21. The van der Waals surface area contributed by atoms with Gasteiger partial charge in [-0.1, -0.05) is 17.7 Å². The number of fused-ring (bicyclic) bond motifs is 1. The maximum atomic E-state index is 11.7. The summed E-state index contributed by atoms with van der Waals surface area (Å²) in [6.45, 7) is 9.16. The van der Waals surface area contributed by atoms with Crippen molar-refractivity contribution in [2.24, 2.45) is 0 Å². The topological polar surface area (TPSA) is 30.7 Å². The molecule has 18 heavy (non-hydrogen) atoms. The van der Waals surface area contributed by atoms with Gasteiger partial charge >= 0.3 is 5.97 Å². The van der Waals surface area contributed by atoms with E-state index in [1.54, 1.807) is 6.92 Å². The third kappa shape index (κ3) is 2.25. The van der Waals surface area contributed by atoms with Gasteiger partial charge in [-0.05, 0) is 48.6 Å². The van der Waals surface area contributed by atoms with E-state index >= 15 is 0 Å². The Morgan fingerprint density at radius 3 is 2.94 bits per heavy atom. The Labute approximate surface area is 111 Å². The van der Waals surface area contributed by atoms with Crippen LogP contribution >= 0.6 is 11.6 Å². The molecule has 2 rings (SSSR count). The van der Waals surface area contributed by atoms with Gasteiger partial charge in [-0.15, -0.1) is 0 Å². The van der Waals surface area contributed by atoms with Crippen LogP contribution in [0.25, 0.3) is 10.4 Å². The van der Waals surface area contributed by atoms with Crippen LogP contribution in [-0.4, -0.2) is 12.6 Å². The zero-order valence-corrected chi connectivity index (χ0v) is 10.8. The van der Waals surface area contributed by atoms with E-state index in [0.29, 0.717) is 11.4 Å². The van der Waals surface area contributed by atoms with Crippen LogP contribution in [0.5, 0.6) is 0 Å². The van der Waals surface area contributed by atoms with Gasteiger partial charge in [0.15, 0.2) is 0 Å². The monoisotopic (exact) mass is 261 g/mol. The fourth-order valence-electron chi connectivity index (χ4n) is 2.12. The van der Waals surface area contributed by atoms with Crippen molar-refractivity contribution < 1.29 is 9.53 Å². The molecule has 4 heteroatoms. The summed E-state index contributed by atoms with van der Waals surface area (Å²) in [4.78, 5) is 15.1. The Balaban J connectivity index is 2.50. The van der Waals surface area contributed by atoms with E-state index in [0.717, 1.165) is 23.1 Å². The van der Waals surface area contributed by atoms with Crippen molar-refractivity contribution in [2.75, 3.05) is 6.61 Å². The zero-order chi connectivity index (χ0) is 13.1. The molecular weight excluding hydrogens is 250 g/mol. The molecule has 0 bridgehead atoms. The molecule has 0 heterocycles. The second-order valence-corrected chi connectivity index (χ2v) is 4.40. The molecule has 0 atom stereocenters. The number of hydrogen-bond acceptors (Lipinski definition) is 2. The van der Waals surface area contributed by atoms with Gasteiger partial charge < -0.3 is 4.74 Å². The standard InChI is InChI=1S/C14H12ClNO2/c1-3-18-14(17)13(16-2)11-7-5-9-4-6-10(15)8-12(9)11/h4,6,8H,3,5,7H2,1H3/b13-11-. The minimum absolute atomic E-state index is 0.0814. The molecule has 0 amide bonds. The summed E-state index contributed by atoms with van der Waals surface area (Å²) >= 11 is 5.96. The largest absolute Gasteiger partial charge is 0.471 e. The predicted molar refractivity (Wildman–Crippen MR) is 69.9 cm³/mol. The van der Waals surface area contributed by atoms with Crippen molar-refractivity contribution in [3.05, 3.63) is 51.5 Å². The molecular formula is C14H12ClNO2. The lowest BCUT2D eigenvalue weighted by atomic mass is 10.1. The van der Waals surface area contributed by atoms with Crippen LogP contribution < -0.4 is 0 Å². The predicted octanol–water partition coefficient (Wildman–Crippen LogP) is 3.48. The van der Waals surface area contributed by atoms with Gasteiger partial charge in [0.1, 0.15) is 0 Å². The van der Waals surface area contributed by atoms with Crippen molar-refractivity contribution >= 4 is 23.1 Å². The van der Waals surface area contributed by atoms with E-state index in [4.69, 9.17) is 22.9 Å². The molecule has 0 N–H and O–H groups in total. The summed E-state index contributed by atoms with van der Waals surface area (Å²) < 4.78 is 4.91. The van der Waals surface area contributed by atoms with E-state index in [2.05, 4.69) is 4.85 Å². The number of halogens is 1. The lowest BCUT2D eigenvalue weighted by Gasteiger charge is -2.05. The highest BCUT2D eigenvalue weighted by Crippen LogP contribution is 2.36. The average Bonchev–Trinajstić information content (AvgIpc) is 2.74.